The first kappa shape index (κ1) is 6.05. The van der Waals surface area contributed by atoms with E-state index in [-0.39, 0.29) is 0 Å². The number of hydrogen-bond donors (Lipinski definition) is 2. The third-order valence-electron chi connectivity index (χ3n) is 1.35. The molecule has 1 aliphatic heterocycles. The van der Waals surface area contributed by atoms with Gasteiger partial charge < -0.3 is 10.6 Å². The van der Waals surface area contributed by atoms with E-state index < -0.39 is 0 Å². The molecule has 0 unspecified atom stereocenters. The summed E-state index contributed by atoms with van der Waals surface area (Å²) in [6.07, 6.45) is 0. The molecule has 1 fully saturated rings. The second kappa shape index (κ2) is 2.46. The third kappa shape index (κ3) is 1.46. The molecule has 1 aliphatic rings. The number of nitrogens with one attached hydrogen (secondary N) is 2. The van der Waals surface area contributed by atoms with E-state index in [1.165, 1.54) is 0 Å². The van der Waals surface area contributed by atoms with Crippen LogP contribution in [0.2, 0.25) is 0 Å². The molecule has 1 saturated heterocycles. The zero-order chi connectivity index (χ0) is 5.98. The van der Waals surface area contributed by atoms with Crippen molar-refractivity contribution < 1.29 is 0 Å². The minimum atomic E-state index is 0.641. The average Bonchev–Trinajstić information content (AvgIpc) is 1.55. The van der Waals surface area contributed by atoms with Crippen LogP contribution in [0.5, 0.6) is 0 Å². The third-order valence-corrected chi connectivity index (χ3v) is 1.35. The maximum absolute atomic E-state index is 3.42. The molecule has 48 valence electrons. The first-order chi connectivity index (χ1) is 3.79. The van der Waals surface area contributed by atoms with E-state index in [1.54, 1.807) is 0 Å². The van der Waals surface area contributed by atoms with Crippen LogP contribution >= 0.6 is 0 Å². The van der Waals surface area contributed by atoms with Gasteiger partial charge in [0.2, 0.25) is 0 Å². The van der Waals surface area contributed by atoms with Crippen LogP contribution in [0.3, 0.4) is 0 Å². The van der Waals surface area contributed by atoms with Crippen molar-refractivity contribution >= 4 is 0 Å². The molecule has 0 radical (unpaired) electrons. The second-order valence-corrected chi connectivity index (χ2v) is 2.68. The summed E-state index contributed by atoms with van der Waals surface area (Å²) in [5.74, 6) is 0. The Kier molecular flexibility index (Phi) is 1.86. The largest absolute Gasteiger partial charge is 0.314 e. The van der Waals surface area contributed by atoms with Crippen LogP contribution in [0.4, 0.5) is 0 Å². The lowest BCUT2D eigenvalue weighted by Crippen LogP contribution is -2.57. The highest BCUT2D eigenvalue weighted by molar-refractivity contribution is 4.82. The predicted octanol–water partition coefficient (Wildman–Crippen LogP) is -0.0438. The Morgan fingerprint density at radius 1 is 1.50 bits per heavy atom. The van der Waals surface area contributed by atoms with E-state index in [4.69, 9.17) is 0 Å². The molecule has 0 saturated carbocycles. The Morgan fingerprint density at radius 3 is 2.25 bits per heavy atom. The summed E-state index contributed by atoms with van der Waals surface area (Å²) >= 11 is 0. The van der Waals surface area contributed by atoms with Gasteiger partial charge in [-0.2, -0.15) is 0 Å². The van der Waals surface area contributed by atoms with Gasteiger partial charge in [-0.25, -0.2) is 0 Å². The molecule has 0 spiro atoms. The van der Waals surface area contributed by atoms with E-state index in [0.717, 1.165) is 19.1 Å². The van der Waals surface area contributed by atoms with Crippen LogP contribution in [-0.2, 0) is 0 Å². The van der Waals surface area contributed by atoms with E-state index in [1.807, 2.05) is 0 Å². The Hall–Kier alpha value is -0.0800. The van der Waals surface area contributed by atoms with Crippen LogP contribution in [0.15, 0.2) is 0 Å². The molecule has 1 rings (SSSR count). The lowest BCUT2D eigenvalue weighted by Gasteiger charge is -2.29. The summed E-state index contributed by atoms with van der Waals surface area (Å²) in [5.41, 5.74) is 0. The van der Waals surface area contributed by atoms with Gasteiger partial charge in [-0.05, 0) is 0 Å². The molecule has 2 heteroatoms. The number of rotatable bonds is 2. The summed E-state index contributed by atoms with van der Waals surface area (Å²) in [6, 6.07) is 1.39. The molecule has 0 aromatic carbocycles. The fourth-order valence-corrected chi connectivity index (χ4v) is 0.878. The van der Waals surface area contributed by atoms with E-state index in [2.05, 4.69) is 24.5 Å². The van der Waals surface area contributed by atoms with Crippen molar-refractivity contribution in [1.29, 1.82) is 0 Å². The van der Waals surface area contributed by atoms with Gasteiger partial charge >= 0.3 is 0 Å². The van der Waals surface area contributed by atoms with Gasteiger partial charge in [0.05, 0.1) is 0 Å². The Morgan fingerprint density at radius 2 is 2.12 bits per heavy atom. The molecule has 0 bridgehead atoms. The second-order valence-electron chi connectivity index (χ2n) is 2.68. The summed E-state index contributed by atoms with van der Waals surface area (Å²) in [7, 11) is 0. The van der Waals surface area contributed by atoms with Crippen molar-refractivity contribution in [3.8, 4) is 0 Å². The van der Waals surface area contributed by atoms with Gasteiger partial charge in [0.25, 0.3) is 0 Å². The van der Waals surface area contributed by atoms with Gasteiger partial charge in [0, 0.05) is 25.2 Å². The molecule has 0 amide bonds. The Labute approximate surface area is 50.7 Å². The van der Waals surface area contributed by atoms with E-state index >= 15 is 0 Å². The molecule has 1 heterocycles. The van der Waals surface area contributed by atoms with E-state index in [0.29, 0.717) is 6.04 Å². The highest BCUT2D eigenvalue weighted by Gasteiger charge is 2.15. The Bertz CT molecular complexity index is 66.9. The SMILES string of the molecule is CC(C)NC1CNC1. The van der Waals surface area contributed by atoms with Crippen molar-refractivity contribution in [2.24, 2.45) is 0 Å². The molecular weight excluding hydrogens is 100 g/mol. The van der Waals surface area contributed by atoms with Crippen molar-refractivity contribution in [2.45, 2.75) is 25.9 Å². The first-order valence-corrected chi connectivity index (χ1v) is 3.26. The quantitative estimate of drug-likeness (QED) is 0.526. The molecular formula is C6H14N2. The normalized spacial score (nSPS) is 21.4. The lowest BCUT2D eigenvalue weighted by atomic mass is 10.1. The van der Waals surface area contributed by atoms with Gasteiger partial charge in [-0.15, -0.1) is 0 Å². The van der Waals surface area contributed by atoms with Gasteiger partial charge in [-0.3, -0.25) is 0 Å². The molecule has 0 aromatic heterocycles. The molecule has 2 N–H and O–H groups in total. The van der Waals surface area contributed by atoms with Crippen molar-refractivity contribution in [1.82, 2.24) is 10.6 Å². The van der Waals surface area contributed by atoms with Crippen LogP contribution in [0.25, 0.3) is 0 Å². The summed E-state index contributed by atoms with van der Waals surface area (Å²) in [4.78, 5) is 0. The minimum Gasteiger partial charge on any atom is -0.314 e. The monoisotopic (exact) mass is 114 g/mol. The Balaban J connectivity index is 2.01. The fraction of sp³-hybridized carbons (Fsp3) is 1.00. The average molecular weight is 114 g/mol. The van der Waals surface area contributed by atoms with Crippen LogP contribution < -0.4 is 10.6 Å². The lowest BCUT2D eigenvalue weighted by molar-refractivity contribution is 0.344. The molecule has 2 nitrogen and oxygen atoms in total. The highest BCUT2D eigenvalue weighted by Crippen LogP contribution is 1.91. The zero-order valence-corrected chi connectivity index (χ0v) is 5.57. The molecule has 0 atom stereocenters. The molecule has 0 aromatic rings. The minimum absolute atomic E-state index is 0.641. The van der Waals surface area contributed by atoms with Crippen LogP contribution in [0.1, 0.15) is 13.8 Å². The maximum Gasteiger partial charge on any atom is 0.0319 e. The standard InChI is InChI=1S/C6H14N2/c1-5(2)8-6-3-7-4-6/h5-8H,3-4H2,1-2H3. The van der Waals surface area contributed by atoms with Crippen molar-refractivity contribution in [3.05, 3.63) is 0 Å². The maximum atomic E-state index is 3.42. The van der Waals surface area contributed by atoms with Crippen LogP contribution in [-0.4, -0.2) is 25.2 Å². The molecule has 8 heavy (non-hydrogen) atoms. The first-order valence-electron chi connectivity index (χ1n) is 3.26. The van der Waals surface area contributed by atoms with Crippen molar-refractivity contribution in [3.63, 3.8) is 0 Å². The zero-order valence-electron chi connectivity index (χ0n) is 5.57. The number of hydrogen-bond acceptors (Lipinski definition) is 2. The smallest absolute Gasteiger partial charge is 0.0319 e. The fourth-order valence-electron chi connectivity index (χ4n) is 0.878. The van der Waals surface area contributed by atoms with Gasteiger partial charge in [-0.1, -0.05) is 13.8 Å². The highest BCUT2D eigenvalue weighted by atomic mass is 15.1. The predicted molar refractivity (Wildman–Crippen MR) is 34.9 cm³/mol. The summed E-state index contributed by atoms with van der Waals surface area (Å²) < 4.78 is 0. The van der Waals surface area contributed by atoms with Crippen molar-refractivity contribution in [2.75, 3.05) is 13.1 Å². The summed E-state index contributed by atoms with van der Waals surface area (Å²) in [5, 5.41) is 6.62. The van der Waals surface area contributed by atoms with Gasteiger partial charge in [0.1, 0.15) is 0 Å². The van der Waals surface area contributed by atoms with E-state index in [9.17, 15) is 0 Å². The topological polar surface area (TPSA) is 24.1 Å². The molecule has 0 aliphatic carbocycles. The summed E-state index contributed by atoms with van der Waals surface area (Å²) in [6.45, 7) is 6.66. The van der Waals surface area contributed by atoms with Gasteiger partial charge in [0.15, 0.2) is 0 Å². The van der Waals surface area contributed by atoms with Crippen LogP contribution in [0, 0.1) is 0 Å².